The largest absolute Gasteiger partial charge is 0.468 e. The molecule has 0 saturated carbocycles. The molecule has 0 radical (unpaired) electrons. The number of aliphatic hydroxyl groups is 1. The number of non-ortho nitro benzene ring substituents is 1. The summed E-state index contributed by atoms with van der Waals surface area (Å²) in [4.78, 5) is 30.1. The third kappa shape index (κ3) is 6.56. The van der Waals surface area contributed by atoms with Gasteiger partial charge in [-0.05, 0) is 24.6 Å². The topological polar surface area (TPSA) is 200 Å². The Morgan fingerprint density at radius 3 is 2.66 bits per heavy atom. The highest BCUT2D eigenvalue weighted by Gasteiger charge is 2.61. The van der Waals surface area contributed by atoms with E-state index in [0.29, 0.717) is 5.56 Å². The number of methoxy groups -OCH3 is 1. The van der Waals surface area contributed by atoms with Crippen molar-refractivity contribution in [3.05, 3.63) is 52.3 Å². The Morgan fingerprint density at radius 2 is 2.08 bits per heavy atom. The van der Waals surface area contributed by atoms with Gasteiger partial charge in [0.25, 0.3) is 5.69 Å². The van der Waals surface area contributed by atoms with Gasteiger partial charge in [0, 0.05) is 12.1 Å². The minimum atomic E-state index is -4.45. The molecule has 2 unspecified atom stereocenters. The molecule has 0 bridgehead atoms. The molecule has 0 aromatic heterocycles. The molecule has 208 valence electrons. The number of aliphatic imine (C=N–C) groups is 2. The Labute approximate surface area is 214 Å². The Kier molecular flexibility index (Phi) is 8.91. The van der Waals surface area contributed by atoms with E-state index in [0.717, 1.165) is 18.3 Å². The highest BCUT2D eigenvalue weighted by Crippen LogP contribution is 2.47. The average Bonchev–Trinajstić information content (AvgIpc) is 3.09. The smallest absolute Gasteiger partial charge is 0.406 e. The van der Waals surface area contributed by atoms with Gasteiger partial charge in [0.15, 0.2) is 6.10 Å². The van der Waals surface area contributed by atoms with Gasteiger partial charge in [-0.2, -0.15) is 13.8 Å². The normalized spacial score (nSPS) is 25.0. The first-order chi connectivity index (χ1) is 17.8. The number of nitrogens with zero attached hydrogens (tertiary/aromatic N) is 4. The molecule has 15 nitrogen and oxygen atoms in total. The van der Waals surface area contributed by atoms with Crippen LogP contribution in [-0.2, 0) is 34.5 Å². The van der Waals surface area contributed by atoms with Crippen LogP contribution in [0.2, 0.25) is 0 Å². The quantitative estimate of drug-likeness (QED) is 0.151. The zero-order valence-corrected chi connectivity index (χ0v) is 21.0. The number of nitro groups is 1. The van der Waals surface area contributed by atoms with E-state index in [9.17, 15) is 33.4 Å². The van der Waals surface area contributed by atoms with Crippen LogP contribution in [0, 0.1) is 10.1 Å². The summed E-state index contributed by atoms with van der Waals surface area (Å²) < 4.78 is 63.6. The summed E-state index contributed by atoms with van der Waals surface area (Å²) >= 11 is 0. The number of nitrogens with one attached hydrogen (secondary N) is 1. The van der Waals surface area contributed by atoms with Crippen molar-refractivity contribution >= 4 is 31.7 Å². The van der Waals surface area contributed by atoms with Crippen molar-refractivity contribution in [1.82, 2.24) is 9.99 Å². The van der Waals surface area contributed by atoms with E-state index in [-0.39, 0.29) is 17.5 Å². The summed E-state index contributed by atoms with van der Waals surface area (Å²) in [5.41, 5.74) is 5.57. The number of esters is 1. The van der Waals surface area contributed by atoms with Crippen molar-refractivity contribution in [1.29, 1.82) is 0 Å². The fourth-order valence-electron chi connectivity index (χ4n) is 3.33. The predicted molar refractivity (Wildman–Crippen MR) is 127 cm³/mol. The number of nitrogens with two attached hydrogens (primary N) is 1. The standard InChI is InChI=1S/C20H25F2N6O9P/c1-11(17(30)34-3)26-38(33,35-8-13-4-6-14(7-5-13)28(31)32)36-9-15-16(29)20(21,22)18(37-15)27-10-24-19(23)25-12(27)2/h4-7,10-11,15-16,18,29H,2,8-9H2,1,3H3,(H2,23,25)(H,26,33)/t11-,15+,16?,18+,38?/m0/s1. The van der Waals surface area contributed by atoms with Gasteiger partial charge in [0.1, 0.15) is 24.3 Å². The summed E-state index contributed by atoms with van der Waals surface area (Å²) in [5, 5.41) is 23.4. The lowest BCUT2D eigenvalue weighted by Gasteiger charge is -2.30. The van der Waals surface area contributed by atoms with Crippen LogP contribution < -0.4 is 10.8 Å². The average molecular weight is 562 g/mol. The minimum Gasteiger partial charge on any atom is -0.468 e. The molecule has 18 heteroatoms. The second-order valence-electron chi connectivity index (χ2n) is 8.05. The van der Waals surface area contributed by atoms with Crippen molar-refractivity contribution in [3.8, 4) is 0 Å². The number of alkyl halides is 2. The first-order valence-electron chi connectivity index (χ1n) is 10.8. The number of rotatable bonds is 11. The number of halogens is 2. The number of hydrogen-bond acceptors (Lipinski definition) is 13. The van der Waals surface area contributed by atoms with Gasteiger partial charge < -0.3 is 20.3 Å². The van der Waals surface area contributed by atoms with E-state index in [2.05, 4.69) is 26.4 Å². The zero-order valence-electron chi connectivity index (χ0n) is 20.1. The fraction of sp³-hybridized carbons (Fsp3) is 0.450. The van der Waals surface area contributed by atoms with Crippen LogP contribution in [0.15, 0.2) is 46.7 Å². The first-order valence-corrected chi connectivity index (χ1v) is 12.4. The van der Waals surface area contributed by atoms with E-state index < -0.39 is 62.3 Å². The number of nitro benzene ring substituents is 1. The number of benzene rings is 1. The molecule has 4 N–H and O–H groups in total. The summed E-state index contributed by atoms with van der Waals surface area (Å²) in [6, 6.07) is 3.83. The third-order valence-electron chi connectivity index (χ3n) is 5.35. The first kappa shape index (κ1) is 29.2. The van der Waals surface area contributed by atoms with Crippen molar-refractivity contribution in [3.63, 3.8) is 0 Å². The summed E-state index contributed by atoms with van der Waals surface area (Å²) in [7, 11) is -3.36. The van der Waals surface area contributed by atoms with Crippen molar-refractivity contribution in [2.45, 2.75) is 43.9 Å². The minimum absolute atomic E-state index is 0.191. The van der Waals surface area contributed by atoms with Crippen LogP contribution in [0.3, 0.4) is 0 Å². The maximum atomic E-state index is 14.9. The SMILES string of the molecule is C=C1N=C(N)N=CN1[C@@H]1O[C@H](COP(=O)(N[C@@H](C)C(=O)OC)OCc2ccc([N+](=O)[O-])cc2)C(O)C1(F)F. The van der Waals surface area contributed by atoms with Gasteiger partial charge in [-0.25, -0.2) is 14.6 Å². The molecular formula is C20H25F2N6O9P. The van der Waals surface area contributed by atoms with Gasteiger partial charge in [0.05, 0.1) is 25.2 Å². The molecule has 2 aliphatic heterocycles. The zero-order chi connectivity index (χ0) is 28.3. The van der Waals surface area contributed by atoms with Crippen LogP contribution in [0.4, 0.5) is 14.5 Å². The summed E-state index contributed by atoms with van der Waals surface area (Å²) in [5.74, 6) is -5.15. The van der Waals surface area contributed by atoms with E-state index in [1.54, 1.807) is 0 Å². The number of carbonyl (C=O) groups is 1. The molecule has 2 heterocycles. The number of aliphatic hydroxyl groups excluding tert-OH is 1. The Hall–Kier alpha value is -3.34. The van der Waals surface area contributed by atoms with Gasteiger partial charge >= 0.3 is 19.6 Å². The maximum Gasteiger partial charge on any atom is 0.406 e. The van der Waals surface area contributed by atoms with E-state index in [4.69, 9.17) is 19.5 Å². The van der Waals surface area contributed by atoms with E-state index in [1.165, 1.54) is 31.2 Å². The molecule has 5 atom stereocenters. The van der Waals surface area contributed by atoms with Crippen molar-refractivity contribution in [2.75, 3.05) is 13.7 Å². The Balaban J connectivity index is 1.73. The molecule has 1 saturated heterocycles. The molecule has 1 aromatic carbocycles. The molecule has 0 spiro atoms. The van der Waals surface area contributed by atoms with Gasteiger partial charge in [0.2, 0.25) is 12.2 Å². The number of guanidine groups is 1. The molecule has 38 heavy (non-hydrogen) atoms. The van der Waals surface area contributed by atoms with Crippen molar-refractivity contribution < 1.29 is 46.7 Å². The summed E-state index contributed by atoms with van der Waals surface area (Å²) in [6.45, 7) is 3.51. The Bertz CT molecular complexity index is 1180. The van der Waals surface area contributed by atoms with E-state index in [1.807, 2.05) is 0 Å². The fourth-order valence-corrected chi connectivity index (χ4v) is 4.80. The lowest BCUT2D eigenvalue weighted by Crippen LogP contribution is -2.49. The Morgan fingerprint density at radius 1 is 1.42 bits per heavy atom. The van der Waals surface area contributed by atoms with Crippen LogP contribution >= 0.6 is 7.75 Å². The molecular weight excluding hydrogens is 537 g/mol. The van der Waals surface area contributed by atoms with Crippen LogP contribution in [0.25, 0.3) is 0 Å². The highest BCUT2D eigenvalue weighted by molar-refractivity contribution is 7.51. The molecule has 1 aromatic rings. The predicted octanol–water partition coefficient (Wildman–Crippen LogP) is 1.24. The van der Waals surface area contributed by atoms with E-state index >= 15 is 0 Å². The van der Waals surface area contributed by atoms with Crippen LogP contribution in [0.5, 0.6) is 0 Å². The monoisotopic (exact) mass is 562 g/mol. The van der Waals surface area contributed by atoms with Crippen LogP contribution in [0.1, 0.15) is 12.5 Å². The highest BCUT2D eigenvalue weighted by atomic mass is 31.2. The molecule has 3 rings (SSSR count). The number of ether oxygens (including phenoxy) is 2. The van der Waals surface area contributed by atoms with Gasteiger partial charge in [-0.1, -0.05) is 6.58 Å². The lowest BCUT2D eigenvalue weighted by atomic mass is 10.1. The molecule has 0 amide bonds. The molecule has 0 aliphatic carbocycles. The van der Waals surface area contributed by atoms with Gasteiger partial charge in [-0.3, -0.25) is 28.9 Å². The number of carbonyl (C=O) groups excluding carboxylic acids is 1. The second kappa shape index (κ2) is 11.6. The van der Waals surface area contributed by atoms with Crippen molar-refractivity contribution in [2.24, 2.45) is 15.7 Å². The lowest BCUT2D eigenvalue weighted by molar-refractivity contribution is -0.384. The summed E-state index contributed by atoms with van der Waals surface area (Å²) in [6.07, 6.45) is -5.32. The van der Waals surface area contributed by atoms with Gasteiger partial charge in [-0.15, -0.1) is 0 Å². The van der Waals surface area contributed by atoms with Crippen LogP contribution in [-0.4, -0.2) is 77.3 Å². The molecule has 2 aliphatic rings. The third-order valence-corrected chi connectivity index (χ3v) is 7.01. The molecule has 1 fully saturated rings. The number of hydrogen-bond donors (Lipinski definition) is 3. The second-order valence-corrected chi connectivity index (χ2v) is 9.82. The maximum absolute atomic E-state index is 14.9.